The molecule has 0 aromatic heterocycles. The van der Waals surface area contributed by atoms with E-state index in [4.69, 9.17) is 4.74 Å². The van der Waals surface area contributed by atoms with E-state index in [-0.39, 0.29) is 17.4 Å². The van der Waals surface area contributed by atoms with E-state index in [0.29, 0.717) is 6.42 Å². The maximum absolute atomic E-state index is 10.9. The van der Waals surface area contributed by atoms with Gasteiger partial charge in [-0.2, -0.15) is 0 Å². The minimum absolute atomic E-state index is 0.114. The largest absolute Gasteiger partial charge is 0.381 e. The number of carbonyl (C=O) groups is 1. The van der Waals surface area contributed by atoms with E-state index in [0.717, 1.165) is 13.0 Å². The summed E-state index contributed by atoms with van der Waals surface area (Å²) in [5.74, 6) is 0.163. The van der Waals surface area contributed by atoms with Crippen LogP contribution in [0, 0.1) is 5.41 Å². The van der Waals surface area contributed by atoms with E-state index >= 15 is 0 Å². The topological polar surface area (TPSA) is 38.3 Å². The van der Waals surface area contributed by atoms with Crippen LogP contribution in [0.5, 0.6) is 0 Å². The van der Waals surface area contributed by atoms with Gasteiger partial charge in [-0.05, 0) is 13.3 Å². The number of nitrogens with one attached hydrogen (secondary N) is 1. The van der Waals surface area contributed by atoms with Crippen molar-refractivity contribution in [1.82, 2.24) is 5.32 Å². The molecule has 1 fully saturated rings. The second kappa shape index (κ2) is 3.44. The fraction of sp³-hybridized carbons (Fsp3) is 0.889. The third kappa shape index (κ3) is 1.78. The number of rotatable bonds is 2. The van der Waals surface area contributed by atoms with Gasteiger partial charge in [0.15, 0.2) is 0 Å². The standard InChI is InChI=1S/C9H17NO2/c1-7(12-3)9(2)5-4-8(11)10-6-9/h7H,4-6H2,1-3H3,(H,10,11). The fourth-order valence-electron chi connectivity index (χ4n) is 1.51. The first kappa shape index (κ1) is 9.52. The van der Waals surface area contributed by atoms with Crippen molar-refractivity contribution in [3.63, 3.8) is 0 Å². The Bertz CT molecular complexity index is 169. The van der Waals surface area contributed by atoms with Crippen LogP contribution in [-0.4, -0.2) is 25.7 Å². The van der Waals surface area contributed by atoms with Crippen LogP contribution < -0.4 is 5.32 Å². The number of amides is 1. The Balaban J connectivity index is 2.55. The predicted molar refractivity (Wildman–Crippen MR) is 46.8 cm³/mol. The van der Waals surface area contributed by atoms with Crippen LogP contribution in [-0.2, 0) is 9.53 Å². The molecule has 0 saturated carbocycles. The molecule has 0 aromatic rings. The van der Waals surface area contributed by atoms with Crippen molar-refractivity contribution in [3.8, 4) is 0 Å². The van der Waals surface area contributed by atoms with Gasteiger partial charge in [0.05, 0.1) is 6.10 Å². The van der Waals surface area contributed by atoms with Crippen molar-refractivity contribution in [2.24, 2.45) is 5.41 Å². The van der Waals surface area contributed by atoms with Gasteiger partial charge < -0.3 is 10.1 Å². The Kier molecular flexibility index (Phi) is 2.73. The summed E-state index contributed by atoms with van der Waals surface area (Å²) in [5.41, 5.74) is 0.114. The van der Waals surface area contributed by atoms with Crippen LogP contribution in [0.15, 0.2) is 0 Å². The highest BCUT2D eigenvalue weighted by Crippen LogP contribution is 2.31. The average molecular weight is 171 g/mol. The number of hydrogen-bond donors (Lipinski definition) is 1. The Morgan fingerprint density at radius 3 is 2.75 bits per heavy atom. The summed E-state index contributed by atoms with van der Waals surface area (Å²) in [5, 5.41) is 2.87. The fourth-order valence-corrected chi connectivity index (χ4v) is 1.51. The highest BCUT2D eigenvalue weighted by Gasteiger charge is 2.35. The first-order valence-corrected chi connectivity index (χ1v) is 4.38. The van der Waals surface area contributed by atoms with Crippen molar-refractivity contribution < 1.29 is 9.53 Å². The normalized spacial score (nSPS) is 32.8. The zero-order chi connectivity index (χ0) is 9.19. The highest BCUT2D eigenvalue weighted by atomic mass is 16.5. The summed E-state index contributed by atoms with van der Waals surface area (Å²) in [6.45, 7) is 4.94. The van der Waals surface area contributed by atoms with E-state index in [1.807, 2.05) is 0 Å². The average Bonchev–Trinajstić information content (AvgIpc) is 2.09. The summed E-state index contributed by atoms with van der Waals surface area (Å²) in [4.78, 5) is 10.9. The van der Waals surface area contributed by atoms with Crippen molar-refractivity contribution in [3.05, 3.63) is 0 Å². The van der Waals surface area contributed by atoms with E-state index in [9.17, 15) is 4.79 Å². The zero-order valence-electron chi connectivity index (χ0n) is 8.02. The lowest BCUT2D eigenvalue weighted by Crippen LogP contribution is -2.47. The Labute approximate surface area is 73.5 Å². The molecule has 12 heavy (non-hydrogen) atoms. The first-order chi connectivity index (χ1) is 5.58. The highest BCUT2D eigenvalue weighted by molar-refractivity contribution is 5.76. The molecule has 0 radical (unpaired) electrons. The van der Waals surface area contributed by atoms with Crippen molar-refractivity contribution >= 4 is 5.91 Å². The van der Waals surface area contributed by atoms with Crippen LogP contribution in [0.2, 0.25) is 0 Å². The van der Waals surface area contributed by atoms with E-state index < -0.39 is 0 Å². The Hall–Kier alpha value is -0.570. The van der Waals surface area contributed by atoms with Gasteiger partial charge >= 0.3 is 0 Å². The molecular formula is C9H17NO2. The zero-order valence-corrected chi connectivity index (χ0v) is 8.02. The third-order valence-electron chi connectivity index (χ3n) is 2.95. The first-order valence-electron chi connectivity index (χ1n) is 4.38. The monoisotopic (exact) mass is 171 g/mol. The van der Waals surface area contributed by atoms with E-state index in [1.165, 1.54) is 0 Å². The number of methoxy groups -OCH3 is 1. The molecule has 2 unspecified atom stereocenters. The molecule has 1 heterocycles. The van der Waals surface area contributed by atoms with Crippen LogP contribution >= 0.6 is 0 Å². The predicted octanol–water partition coefficient (Wildman–Crippen LogP) is 0.938. The van der Waals surface area contributed by atoms with Gasteiger partial charge in [0, 0.05) is 25.5 Å². The van der Waals surface area contributed by atoms with E-state index in [2.05, 4.69) is 19.2 Å². The molecule has 70 valence electrons. The van der Waals surface area contributed by atoms with Gasteiger partial charge in [0.1, 0.15) is 0 Å². The van der Waals surface area contributed by atoms with Crippen molar-refractivity contribution in [2.75, 3.05) is 13.7 Å². The van der Waals surface area contributed by atoms with Crippen LogP contribution in [0.4, 0.5) is 0 Å². The molecule has 3 nitrogen and oxygen atoms in total. The third-order valence-corrected chi connectivity index (χ3v) is 2.95. The smallest absolute Gasteiger partial charge is 0.220 e. The van der Waals surface area contributed by atoms with Crippen LogP contribution in [0.25, 0.3) is 0 Å². The van der Waals surface area contributed by atoms with Gasteiger partial charge in [-0.3, -0.25) is 4.79 Å². The molecule has 0 aliphatic carbocycles. The molecule has 1 N–H and O–H groups in total. The molecule has 3 heteroatoms. The molecule has 1 saturated heterocycles. The summed E-state index contributed by atoms with van der Waals surface area (Å²) >= 11 is 0. The van der Waals surface area contributed by atoms with Gasteiger partial charge in [-0.1, -0.05) is 6.92 Å². The molecule has 0 bridgehead atoms. The number of hydrogen-bond acceptors (Lipinski definition) is 2. The summed E-state index contributed by atoms with van der Waals surface area (Å²) in [6.07, 6.45) is 1.76. The SMILES string of the molecule is COC(C)C1(C)CCC(=O)NC1. The molecule has 2 atom stereocenters. The lowest BCUT2D eigenvalue weighted by atomic mass is 9.78. The minimum Gasteiger partial charge on any atom is -0.381 e. The molecule has 1 aliphatic heterocycles. The van der Waals surface area contributed by atoms with Crippen LogP contribution in [0.1, 0.15) is 26.7 Å². The van der Waals surface area contributed by atoms with Gasteiger partial charge in [0.2, 0.25) is 5.91 Å². The second-order valence-electron chi connectivity index (χ2n) is 3.81. The lowest BCUT2D eigenvalue weighted by molar-refractivity contribution is -0.126. The van der Waals surface area contributed by atoms with Crippen LogP contribution in [0.3, 0.4) is 0 Å². The van der Waals surface area contributed by atoms with Crippen molar-refractivity contribution in [1.29, 1.82) is 0 Å². The number of piperidine rings is 1. The summed E-state index contributed by atoms with van der Waals surface area (Å²) in [7, 11) is 1.71. The van der Waals surface area contributed by atoms with Gasteiger partial charge in [-0.25, -0.2) is 0 Å². The molecule has 0 spiro atoms. The molecule has 0 aromatic carbocycles. The molecule has 1 aliphatic rings. The number of carbonyl (C=O) groups excluding carboxylic acids is 1. The van der Waals surface area contributed by atoms with Gasteiger partial charge in [0.25, 0.3) is 0 Å². The molecule has 1 rings (SSSR count). The lowest BCUT2D eigenvalue weighted by Gasteiger charge is -2.37. The number of ether oxygens (including phenoxy) is 1. The molecule has 1 amide bonds. The summed E-state index contributed by atoms with van der Waals surface area (Å²) in [6, 6.07) is 0. The quantitative estimate of drug-likeness (QED) is 0.671. The second-order valence-corrected chi connectivity index (χ2v) is 3.81. The Morgan fingerprint density at radius 1 is 1.67 bits per heavy atom. The summed E-state index contributed by atoms with van der Waals surface area (Å²) < 4.78 is 5.28. The Morgan fingerprint density at radius 2 is 2.33 bits per heavy atom. The molecular weight excluding hydrogens is 154 g/mol. The maximum Gasteiger partial charge on any atom is 0.220 e. The maximum atomic E-state index is 10.9. The van der Waals surface area contributed by atoms with E-state index in [1.54, 1.807) is 7.11 Å². The van der Waals surface area contributed by atoms with Crippen molar-refractivity contribution in [2.45, 2.75) is 32.8 Å². The van der Waals surface area contributed by atoms with Gasteiger partial charge in [-0.15, -0.1) is 0 Å². The minimum atomic E-state index is 0.114.